The van der Waals surface area contributed by atoms with Gasteiger partial charge in [-0.15, -0.1) is 0 Å². The Bertz CT molecular complexity index is 1220. The Hall–Kier alpha value is -2.82. The van der Waals surface area contributed by atoms with Crippen molar-refractivity contribution in [1.82, 2.24) is 4.90 Å². The van der Waals surface area contributed by atoms with Gasteiger partial charge < -0.3 is 33.9 Å². The number of hydrogen-bond acceptors (Lipinski definition) is 10. The summed E-state index contributed by atoms with van der Waals surface area (Å²) in [6, 6.07) is 4.02. The first-order valence-corrected chi connectivity index (χ1v) is 15.1. The zero-order valence-corrected chi connectivity index (χ0v) is 25.4. The minimum absolute atomic E-state index is 0.0669. The molecule has 5 rings (SSSR count). The van der Waals surface area contributed by atoms with Crippen molar-refractivity contribution in [3.63, 3.8) is 0 Å². The van der Waals surface area contributed by atoms with Crippen molar-refractivity contribution in [3.05, 3.63) is 35.1 Å². The monoisotopic (exact) mass is 587 g/mol. The van der Waals surface area contributed by atoms with Gasteiger partial charge in [0.2, 0.25) is 6.79 Å². The zero-order valence-electron chi connectivity index (χ0n) is 25.4. The maximum atomic E-state index is 14.0. The molecule has 1 aromatic carbocycles. The van der Waals surface area contributed by atoms with Crippen molar-refractivity contribution >= 4 is 11.9 Å². The molecule has 0 amide bonds. The lowest BCUT2D eigenvalue weighted by Crippen LogP contribution is -2.49. The molecule has 4 atom stereocenters. The Morgan fingerprint density at radius 2 is 1.88 bits per heavy atom. The van der Waals surface area contributed by atoms with Crippen LogP contribution in [0.25, 0.3) is 0 Å². The minimum atomic E-state index is -2.13. The number of carbonyl (C=O) groups excluding carboxylic acids is 2. The molecule has 1 unspecified atom stereocenters. The van der Waals surface area contributed by atoms with Crippen LogP contribution < -0.4 is 9.47 Å². The molecule has 3 heterocycles. The number of hydrogen-bond donors (Lipinski definition) is 2. The molecule has 4 aliphatic rings. The van der Waals surface area contributed by atoms with Gasteiger partial charge in [0.25, 0.3) is 0 Å². The summed E-state index contributed by atoms with van der Waals surface area (Å²) in [7, 11) is 1.56. The van der Waals surface area contributed by atoms with Crippen molar-refractivity contribution in [2.24, 2.45) is 5.92 Å². The Morgan fingerprint density at radius 3 is 2.57 bits per heavy atom. The highest BCUT2D eigenvalue weighted by atomic mass is 16.7. The number of nitrogens with zero attached hydrogens (tertiary/aromatic N) is 1. The summed E-state index contributed by atoms with van der Waals surface area (Å²) < 4.78 is 28.8. The fraction of sp³-hybridized carbons (Fsp3) is 0.688. The highest BCUT2D eigenvalue weighted by molar-refractivity contribution is 5.86. The number of benzene rings is 1. The smallest absolute Gasteiger partial charge is 0.339 e. The first-order chi connectivity index (χ1) is 19.8. The van der Waals surface area contributed by atoms with Crippen LogP contribution in [0.4, 0.5) is 0 Å². The fourth-order valence-electron chi connectivity index (χ4n) is 6.94. The predicted octanol–water partition coefficient (Wildman–Crippen LogP) is 3.61. The summed E-state index contributed by atoms with van der Waals surface area (Å²) >= 11 is 0. The molecule has 1 spiro atoms. The van der Waals surface area contributed by atoms with Crippen molar-refractivity contribution in [2.45, 2.75) is 101 Å². The number of aliphatic hydroxyl groups is 2. The molecular formula is C32H45NO9. The van der Waals surface area contributed by atoms with Crippen LogP contribution in [0.1, 0.15) is 83.3 Å². The second-order valence-corrected chi connectivity index (χ2v) is 13.2. The molecule has 0 radical (unpaired) electrons. The Labute approximate surface area is 247 Å². The lowest BCUT2D eigenvalue weighted by atomic mass is 9.77. The van der Waals surface area contributed by atoms with E-state index in [4.69, 9.17) is 23.7 Å². The predicted molar refractivity (Wildman–Crippen MR) is 153 cm³/mol. The van der Waals surface area contributed by atoms with Gasteiger partial charge in [0, 0.05) is 6.54 Å². The van der Waals surface area contributed by atoms with Crippen LogP contribution in [-0.2, 0) is 30.2 Å². The average molecular weight is 588 g/mol. The summed E-state index contributed by atoms with van der Waals surface area (Å²) in [5, 5.41) is 22.0. The van der Waals surface area contributed by atoms with Crippen LogP contribution in [0.2, 0.25) is 0 Å². The average Bonchev–Trinajstić information content (AvgIpc) is 3.60. The maximum absolute atomic E-state index is 14.0. The number of ether oxygens (including phenoxy) is 5. The van der Waals surface area contributed by atoms with E-state index in [1.165, 1.54) is 0 Å². The van der Waals surface area contributed by atoms with Gasteiger partial charge in [-0.3, -0.25) is 9.69 Å². The van der Waals surface area contributed by atoms with Crippen molar-refractivity contribution < 1.29 is 43.5 Å². The second kappa shape index (κ2) is 11.7. The normalized spacial score (nSPS) is 26.0. The van der Waals surface area contributed by atoms with Gasteiger partial charge in [-0.1, -0.05) is 13.8 Å². The van der Waals surface area contributed by atoms with Crippen molar-refractivity contribution in [2.75, 3.05) is 33.6 Å². The molecule has 10 heteroatoms. The van der Waals surface area contributed by atoms with E-state index in [1.807, 2.05) is 26.0 Å². The van der Waals surface area contributed by atoms with Crippen LogP contribution in [0, 0.1) is 5.92 Å². The molecule has 1 fully saturated rings. The third kappa shape index (κ3) is 5.98. The molecule has 1 aromatic rings. The SMILES string of the molecule is COC1=C[C@]23CCCN2CCc2cc4c(cc2[C@@H]3C1OC(=O)[C@@](O)(CCCC(C)(C)O)CC(=O)OCC(C)C)OCO4. The third-order valence-corrected chi connectivity index (χ3v) is 8.97. The van der Waals surface area contributed by atoms with E-state index < -0.39 is 41.2 Å². The second-order valence-electron chi connectivity index (χ2n) is 13.2. The van der Waals surface area contributed by atoms with E-state index in [0.29, 0.717) is 30.1 Å². The van der Waals surface area contributed by atoms with E-state index in [2.05, 4.69) is 11.0 Å². The number of carbonyl (C=O) groups is 2. The number of esters is 2. The van der Waals surface area contributed by atoms with E-state index >= 15 is 0 Å². The number of fused-ring (bicyclic) bond motifs is 3. The molecule has 10 nitrogen and oxygen atoms in total. The minimum Gasteiger partial charge on any atom is -0.497 e. The molecule has 3 aliphatic heterocycles. The van der Waals surface area contributed by atoms with Crippen molar-refractivity contribution in [3.8, 4) is 11.5 Å². The van der Waals surface area contributed by atoms with Crippen LogP contribution in [-0.4, -0.2) is 83.5 Å². The first kappa shape index (κ1) is 30.6. The maximum Gasteiger partial charge on any atom is 0.339 e. The standard InChI is InChI=1S/C32H45NO9/c1-20(2)18-39-26(34)17-32(37,11-6-9-30(3,4)36)29(35)42-28-25(38-5)16-31-10-7-12-33(31)13-8-21-14-23-24(41-19-40-23)15-22(21)27(28)31/h14-16,20,27-28,36-37H,6-13,17-19H2,1-5H3/t27-,28?,31+,32-/m1/s1. The summed E-state index contributed by atoms with van der Waals surface area (Å²) in [6.07, 6.45) is 3.96. The van der Waals surface area contributed by atoms with Gasteiger partial charge in [0.15, 0.2) is 23.2 Å². The topological polar surface area (TPSA) is 124 Å². The molecule has 42 heavy (non-hydrogen) atoms. The molecule has 2 N–H and O–H groups in total. The Morgan fingerprint density at radius 1 is 1.14 bits per heavy atom. The molecule has 232 valence electrons. The van der Waals surface area contributed by atoms with Crippen molar-refractivity contribution in [1.29, 1.82) is 0 Å². The highest BCUT2D eigenvalue weighted by Crippen LogP contribution is 2.55. The van der Waals surface area contributed by atoms with Crippen LogP contribution in [0.15, 0.2) is 24.0 Å². The zero-order chi connectivity index (χ0) is 30.3. The lowest BCUT2D eigenvalue weighted by molar-refractivity contribution is -0.179. The fourth-order valence-corrected chi connectivity index (χ4v) is 6.94. The summed E-state index contributed by atoms with van der Waals surface area (Å²) in [6.45, 7) is 9.23. The van der Waals surface area contributed by atoms with Gasteiger partial charge in [-0.05, 0) is 94.2 Å². The summed E-state index contributed by atoms with van der Waals surface area (Å²) in [5.74, 6) is 0.104. The van der Waals surface area contributed by atoms with Gasteiger partial charge >= 0.3 is 11.9 Å². The van der Waals surface area contributed by atoms with Gasteiger partial charge in [-0.2, -0.15) is 0 Å². The van der Waals surface area contributed by atoms with Gasteiger partial charge in [0.05, 0.1) is 37.2 Å². The lowest BCUT2D eigenvalue weighted by Gasteiger charge is -2.39. The molecule has 0 saturated carbocycles. The van der Waals surface area contributed by atoms with Gasteiger partial charge in [-0.25, -0.2) is 4.79 Å². The van der Waals surface area contributed by atoms with Gasteiger partial charge in [0.1, 0.15) is 5.76 Å². The highest BCUT2D eigenvalue weighted by Gasteiger charge is 2.59. The van der Waals surface area contributed by atoms with E-state index in [9.17, 15) is 19.8 Å². The first-order valence-electron chi connectivity index (χ1n) is 15.1. The number of rotatable bonds is 11. The van der Waals surface area contributed by atoms with E-state index in [1.54, 1.807) is 21.0 Å². The largest absolute Gasteiger partial charge is 0.497 e. The molecule has 0 aromatic heterocycles. The molecule has 1 aliphatic carbocycles. The molecule has 1 saturated heterocycles. The van der Waals surface area contributed by atoms with Crippen LogP contribution in [0.5, 0.6) is 11.5 Å². The van der Waals surface area contributed by atoms with Crippen LogP contribution in [0.3, 0.4) is 0 Å². The summed E-state index contributed by atoms with van der Waals surface area (Å²) in [5.41, 5.74) is -1.44. The number of methoxy groups -OCH3 is 1. The molecule has 0 bridgehead atoms. The van der Waals surface area contributed by atoms with E-state index in [-0.39, 0.29) is 31.7 Å². The molecular weight excluding hydrogens is 542 g/mol. The van der Waals surface area contributed by atoms with Crippen LogP contribution >= 0.6 is 0 Å². The third-order valence-electron chi connectivity index (χ3n) is 8.97. The Kier molecular flexibility index (Phi) is 8.53. The van der Waals surface area contributed by atoms with E-state index in [0.717, 1.165) is 43.5 Å². The quantitative estimate of drug-likeness (QED) is 0.371. The summed E-state index contributed by atoms with van der Waals surface area (Å²) in [4.78, 5) is 29.2. The Balaban J connectivity index is 1.47.